The molecule has 0 saturated carbocycles. The molecule has 5 rings (SSSR count). The van der Waals surface area contributed by atoms with Crippen LogP contribution in [0.5, 0.6) is 11.6 Å². The molecule has 0 saturated heterocycles. The summed E-state index contributed by atoms with van der Waals surface area (Å²) in [6.07, 6.45) is 5.85. The van der Waals surface area contributed by atoms with Crippen molar-refractivity contribution in [2.75, 3.05) is 18.6 Å². The predicted octanol–water partition coefficient (Wildman–Crippen LogP) is 4.08. The van der Waals surface area contributed by atoms with Crippen molar-refractivity contribution in [1.82, 2.24) is 20.3 Å². The first-order chi connectivity index (χ1) is 17.2. The summed E-state index contributed by atoms with van der Waals surface area (Å²) in [7, 11) is 1.63. The monoisotopic (exact) mass is 467 g/mol. The molecule has 3 heterocycles. The first-order valence-electron chi connectivity index (χ1n) is 11.4. The number of nitrogens with zero attached hydrogens (tertiary/aromatic N) is 4. The molecule has 0 bridgehead atoms. The van der Waals surface area contributed by atoms with Gasteiger partial charge in [-0.1, -0.05) is 36.4 Å². The van der Waals surface area contributed by atoms with E-state index < -0.39 is 0 Å². The number of carbonyl (C=O) groups excluding carboxylic acids is 1. The average molecular weight is 468 g/mol. The van der Waals surface area contributed by atoms with Gasteiger partial charge in [0.05, 0.1) is 7.11 Å². The van der Waals surface area contributed by atoms with Crippen LogP contribution in [0.1, 0.15) is 27.0 Å². The van der Waals surface area contributed by atoms with E-state index in [0.717, 1.165) is 35.5 Å². The van der Waals surface area contributed by atoms with Crippen molar-refractivity contribution in [3.63, 3.8) is 0 Å². The van der Waals surface area contributed by atoms with Gasteiger partial charge >= 0.3 is 0 Å². The fraction of sp³-hybridized carbons (Fsp3) is 0.185. The van der Waals surface area contributed by atoms with Gasteiger partial charge in [0, 0.05) is 37.4 Å². The number of ether oxygens (including phenoxy) is 2. The summed E-state index contributed by atoms with van der Waals surface area (Å²) in [5, 5.41) is 2.90. The van der Waals surface area contributed by atoms with E-state index >= 15 is 0 Å². The third kappa shape index (κ3) is 5.06. The molecule has 0 atom stereocenters. The Morgan fingerprint density at radius 2 is 1.89 bits per heavy atom. The van der Waals surface area contributed by atoms with Crippen LogP contribution in [0, 0.1) is 0 Å². The zero-order chi connectivity index (χ0) is 24.0. The minimum Gasteiger partial charge on any atom is -0.497 e. The van der Waals surface area contributed by atoms with Crippen LogP contribution in [0.3, 0.4) is 0 Å². The number of amides is 1. The molecule has 35 heavy (non-hydrogen) atoms. The van der Waals surface area contributed by atoms with Gasteiger partial charge in [0.2, 0.25) is 11.8 Å². The number of nitrogens with one attached hydrogen (secondary N) is 1. The fourth-order valence-electron chi connectivity index (χ4n) is 3.95. The fourth-order valence-corrected chi connectivity index (χ4v) is 3.95. The minimum atomic E-state index is -0.313. The molecule has 0 unspecified atom stereocenters. The van der Waals surface area contributed by atoms with Crippen LogP contribution >= 0.6 is 0 Å². The molecule has 176 valence electrons. The molecule has 1 amide bonds. The molecule has 2 aromatic heterocycles. The number of rotatable bonds is 8. The highest BCUT2D eigenvalue weighted by Gasteiger charge is 2.24. The minimum absolute atomic E-state index is 0.235. The highest BCUT2D eigenvalue weighted by atomic mass is 16.5. The number of benzene rings is 2. The van der Waals surface area contributed by atoms with E-state index in [2.05, 4.69) is 32.4 Å². The summed E-state index contributed by atoms with van der Waals surface area (Å²) in [5.41, 5.74) is 4.42. The number of fused-ring (bicyclic) bond motifs is 1. The van der Waals surface area contributed by atoms with E-state index in [1.54, 1.807) is 19.5 Å². The van der Waals surface area contributed by atoms with Crippen molar-refractivity contribution in [1.29, 1.82) is 0 Å². The Labute approximate surface area is 203 Å². The number of anilines is 2. The largest absolute Gasteiger partial charge is 0.497 e. The van der Waals surface area contributed by atoms with Gasteiger partial charge in [0.15, 0.2) is 0 Å². The van der Waals surface area contributed by atoms with E-state index in [9.17, 15) is 4.79 Å². The summed E-state index contributed by atoms with van der Waals surface area (Å²) in [4.78, 5) is 28.4. The average Bonchev–Trinajstić information content (AvgIpc) is 3.35. The summed E-state index contributed by atoms with van der Waals surface area (Å²) < 4.78 is 11.3. The number of aromatic nitrogens is 3. The maximum Gasteiger partial charge on any atom is 0.258 e. The van der Waals surface area contributed by atoms with Crippen LogP contribution < -0.4 is 19.7 Å². The molecular formula is C27H25N5O3. The lowest BCUT2D eigenvalue weighted by molar-refractivity contribution is 0.0945. The molecule has 0 fully saturated rings. The Balaban J connectivity index is 1.40. The van der Waals surface area contributed by atoms with Crippen molar-refractivity contribution < 1.29 is 14.3 Å². The second-order valence-electron chi connectivity index (χ2n) is 8.10. The molecule has 0 aliphatic carbocycles. The van der Waals surface area contributed by atoms with Gasteiger partial charge in [-0.3, -0.25) is 9.78 Å². The molecule has 8 nitrogen and oxygen atoms in total. The summed E-state index contributed by atoms with van der Waals surface area (Å²) >= 11 is 0. The van der Waals surface area contributed by atoms with Gasteiger partial charge in [0.25, 0.3) is 5.91 Å². The second-order valence-corrected chi connectivity index (χ2v) is 8.10. The molecule has 0 spiro atoms. The van der Waals surface area contributed by atoms with Crippen molar-refractivity contribution in [2.24, 2.45) is 0 Å². The van der Waals surface area contributed by atoms with Crippen LogP contribution in [-0.2, 0) is 19.6 Å². The van der Waals surface area contributed by atoms with Crippen LogP contribution in [-0.4, -0.2) is 34.5 Å². The number of hydrogen-bond donors (Lipinski definition) is 1. The van der Waals surface area contributed by atoms with E-state index in [4.69, 9.17) is 9.47 Å². The number of methoxy groups -OCH3 is 1. The molecular weight excluding hydrogens is 442 g/mol. The van der Waals surface area contributed by atoms with Crippen molar-refractivity contribution in [2.45, 2.75) is 19.6 Å². The van der Waals surface area contributed by atoms with Crippen molar-refractivity contribution in [3.05, 3.63) is 102 Å². The Bertz CT molecular complexity index is 1310. The SMILES string of the molecule is COc1ccc(COc2nc(N3CCc4ccccc43)ncc2C(=O)NCc2cccnc2)cc1. The first kappa shape index (κ1) is 22.3. The normalized spacial score (nSPS) is 12.2. The summed E-state index contributed by atoms with van der Waals surface area (Å²) in [6, 6.07) is 19.5. The Morgan fingerprint density at radius 1 is 1.03 bits per heavy atom. The van der Waals surface area contributed by atoms with Crippen LogP contribution in [0.2, 0.25) is 0 Å². The lowest BCUT2D eigenvalue weighted by atomic mass is 10.2. The second kappa shape index (κ2) is 10.2. The Morgan fingerprint density at radius 3 is 2.69 bits per heavy atom. The maximum atomic E-state index is 13.0. The van der Waals surface area contributed by atoms with Gasteiger partial charge in [0.1, 0.15) is 17.9 Å². The van der Waals surface area contributed by atoms with Gasteiger partial charge in [-0.2, -0.15) is 4.98 Å². The van der Waals surface area contributed by atoms with Gasteiger partial charge in [-0.25, -0.2) is 4.98 Å². The van der Waals surface area contributed by atoms with Crippen LogP contribution in [0.4, 0.5) is 11.6 Å². The zero-order valence-electron chi connectivity index (χ0n) is 19.3. The van der Waals surface area contributed by atoms with Crippen LogP contribution in [0.25, 0.3) is 0 Å². The summed E-state index contributed by atoms with van der Waals surface area (Å²) in [5.74, 6) is 1.19. The molecule has 2 aromatic carbocycles. The highest BCUT2D eigenvalue weighted by Crippen LogP contribution is 2.33. The van der Waals surface area contributed by atoms with E-state index in [0.29, 0.717) is 12.5 Å². The quantitative estimate of drug-likeness (QED) is 0.418. The topological polar surface area (TPSA) is 89.5 Å². The number of carbonyl (C=O) groups is 1. The maximum absolute atomic E-state index is 13.0. The van der Waals surface area contributed by atoms with Crippen molar-refractivity contribution in [3.8, 4) is 11.6 Å². The van der Waals surface area contributed by atoms with E-state index in [1.807, 2.05) is 53.4 Å². The lowest BCUT2D eigenvalue weighted by Crippen LogP contribution is -2.25. The smallest absolute Gasteiger partial charge is 0.258 e. The third-order valence-corrected chi connectivity index (χ3v) is 5.82. The third-order valence-electron chi connectivity index (χ3n) is 5.82. The molecule has 0 radical (unpaired) electrons. The number of hydrogen-bond acceptors (Lipinski definition) is 7. The molecule has 4 aromatic rings. The molecule has 1 aliphatic rings. The molecule has 1 N–H and O–H groups in total. The molecule has 1 aliphatic heterocycles. The molecule has 8 heteroatoms. The standard InChI is InChI=1S/C27H25N5O3/c1-34-22-10-8-19(9-11-22)18-35-26-23(25(33)29-16-20-5-4-13-28-15-20)17-30-27(31-26)32-14-12-21-6-2-3-7-24(21)32/h2-11,13,15,17H,12,14,16,18H2,1H3,(H,29,33). The van der Waals surface area contributed by atoms with Gasteiger partial charge < -0.3 is 19.7 Å². The predicted molar refractivity (Wildman–Crippen MR) is 132 cm³/mol. The van der Waals surface area contributed by atoms with Gasteiger partial charge in [-0.15, -0.1) is 0 Å². The zero-order valence-corrected chi connectivity index (χ0v) is 19.3. The van der Waals surface area contributed by atoms with E-state index in [-0.39, 0.29) is 24.0 Å². The van der Waals surface area contributed by atoms with Crippen LogP contribution in [0.15, 0.2) is 79.3 Å². The Kier molecular flexibility index (Phi) is 6.52. The van der Waals surface area contributed by atoms with Crippen molar-refractivity contribution >= 4 is 17.5 Å². The summed E-state index contributed by atoms with van der Waals surface area (Å²) in [6.45, 7) is 1.36. The van der Waals surface area contributed by atoms with E-state index in [1.165, 1.54) is 11.8 Å². The number of para-hydroxylation sites is 1. The first-order valence-corrected chi connectivity index (χ1v) is 11.4. The highest BCUT2D eigenvalue weighted by molar-refractivity contribution is 5.96. The lowest BCUT2D eigenvalue weighted by Gasteiger charge is -2.19. The Hall–Kier alpha value is -4.46. The number of pyridine rings is 1. The van der Waals surface area contributed by atoms with Gasteiger partial charge in [-0.05, 0) is 47.4 Å².